The highest BCUT2D eigenvalue weighted by Gasteiger charge is 2.25. The summed E-state index contributed by atoms with van der Waals surface area (Å²) in [6.07, 6.45) is 0.803. The third-order valence-corrected chi connectivity index (χ3v) is 6.55. The molecule has 2 rings (SSSR count). The average molecular weight is 398 g/mol. The second-order valence-electron chi connectivity index (χ2n) is 6.58. The van der Waals surface area contributed by atoms with Crippen molar-refractivity contribution in [3.63, 3.8) is 0 Å². The van der Waals surface area contributed by atoms with Crippen molar-refractivity contribution in [3.05, 3.63) is 35.4 Å². The molecule has 0 unspecified atom stereocenters. The predicted molar refractivity (Wildman–Crippen MR) is 106 cm³/mol. The Morgan fingerprint density at radius 1 is 1.11 bits per heavy atom. The molecule has 1 amide bonds. The van der Waals surface area contributed by atoms with Crippen molar-refractivity contribution in [3.8, 4) is 0 Å². The summed E-state index contributed by atoms with van der Waals surface area (Å²) >= 11 is 0. The van der Waals surface area contributed by atoms with E-state index in [0.29, 0.717) is 38.4 Å². The van der Waals surface area contributed by atoms with Gasteiger partial charge in [-0.2, -0.15) is 4.31 Å². The van der Waals surface area contributed by atoms with Crippen molar-refractivity contribution in [2.24, 2.45) is 0 Å². The fourth-order valence-corrected chi connectivity index (χ4v) is 4.08. The molecule has 1 aliphatic heterocycles. The number of nitrogens with zero attached hydrogens (tertiary/aromatic N) is 2. The molecule has 0 aliphatic carbocycles. The smallest absolute Gasteiger partial charge is 0.251 e. The van der Waals surface area contributed by atoms with Crippen LogP contribution in [0.25, 0.3) is 0 Å². The number of ether oxygens (including phenoxy) is 1. The molecule has 1 aromatic carbocycles. The zero-order valence-corrected chi connectivity index (χ0v) is 17.1. The van der Waals surface area contributed by atoms with E-state index in [4.69, 9.17) is 4.74 Å². The first-order chi connectivity index (χ1) is 13.0. The fraction of sp³-hybridized carbons (Fsp3) is 0.632. The number of amides is 1. The summed E-state index contributed by atoms with van der Waals surface area (Å²) in [5.74, 6) is 0.0822. The largest absolute Gasteiger partial charge is 0.382 e. The van der Waals surface area contributed by atoms with Gasteiger partial charge in [-0.3, -0.25) is 9.69 Å². The van der Waals surface area contributed by atoms with Crippen LogP contribution in [0.2, 0.25) is 0 Å². The van der Waals surface area contributed by atoms with E-state index in [9.17, 15) is 13.2 Å². The predicted octanol–water partition coefficient (Wildman–Crippen LogP) is 1.31. The Balaban J connectivity index is 1.77. The van der Waals surface area contributed by atoms with E-state index < -0.39 is 10.0 Å². The highest BCUT2D eigenvalue weighted by molar-refractivity contribution is 7.89. The van der Waals surface area contributed by atoms with Crippen molar-refractivity contribution in [1.82, 2.24) is 14.5 Å². The Bertz CT molecular complexity index is 683. The zero-order chi connectivity index (χ0) is 19.7. The van der Waals surface area contributed by atoms with Crippen LogP contribution in [0.1, 0.15) is 36.2 Å². The van der Waals surface area contributed by atoms with E-state index in [1.54, 1.807) is 11.2 Å². The lowest BCUT2D eigenvalue weighted by molar-refractivity contribution is 0.0944. The number of rotatable bonds is 10. The Hall–Kier alpha value is -1.48. The third-order valence-electron chi connectivity index (χ3n) is 4.67. The lowest BCUT2D eigenvalue weighted by Crippen LogP contribution is -2.48. The molecule has 1 fully saturated rings. The Labute approximate surface area is 162 Å². The molecule has 0 spiro atoms. The van der Waals surface area contributed by atoms with Gasteiger partial charge in [-0.1, -0.05) is 12.1 Å². The van der Waals surface area contributed by atoms with E-state index >= 15 is 0 Å². The lowest BCUT2D eigenvalue weighted by atomic mass is 10.1. The molecule has 1 heterocycles. The molecule has 0 aromatic heterocycles. The van der Waals surface area contributed by atoms with E-state index in [1.165, 1.54) is 0 Å². The summed E-state index contributed by atoms with van der Waals surface area (Å²) in [6, 6.07) is 7.60. The molecule has 152 valence electrons. The molecule has 0 atom stereocenters. The quantitative estimate of drug-likeness (QED) is 0.602. The van der Waals surface area contributed by atoms with Gasteiger partial charge in [-0.05, 0) is 38.0 Å². The molecule has 1 aromatic rings. The van der Waals surface area contributed by atoms with Gasteiger partial charge in [0.2, 0.25) is 10.0 Å². The molecule has 1 saturated heterocycles. The number of carbonyl (C=O) groups excluding carboxylic acids is 1. The normalized spacial score (nSPS) is 16.4. The standard InChI is InChI=1S/C19H31N3O4S/c1-3-26-15-5-10-20-19(23)18-8-6-17(7-9-18)16-21-11-13-22(14-12-21)27(24,25)4-2/h6-9H,3-5,10-16H2,1-2H3,(H,20,23). The summed E-state index contributed by atoms with van der Waals surface area (Å²) in [4.78, 5) is 14.4. The van der Waals surface area contributed by atoms with Gasteiger partial charge < -0.3 is 10.1 Å². The van der Waals surface area contributed by atoms with Crippen molar-refractivity contribution in [2.45, 2.75) is 26.8 Å². The summed E-state index contributed by atoms with van der Waals surface area (Å²) in [5.41, 5.74) is 1.77. The van der Waals surface area contributed by atoms with Crippen LogP contribution in [0.4, 0.5) is 0 Å². The molecule has 8 heteroatoms. The number of benzene rings is 1. The molecule has 0 bridgehead atoms. The minimum Gasteiger partial charge on any atom is -0.382 e. The second kappa shape index (κ2) is 10.8. The van der Waals surface area contributed by atoms with Gasteiger partial charge in [-0.15, -0.1) is 0 Å². The van der Waals surface area contributed by atoms with Crippen LogP contribution in [0.3, 0.4) is 0 Å². The number of sulfonamides is 1. The minimum absolute atomic E-state index is 0.0727. The average Bonchev–Trinajstić information content (AvgIpc) is 2.68. The van der Waals surface area contributed by atoms with Gasteiger partial charge in [0.05, 0.1) is 5.75 Å². The van der Waals surface area contributed by atoms with Crippen LogP contribution in [-0.2, 0) is 21.3 Å². The molecule has 1 N–H and O–H groups in total. The lowest BCUT2D eigenvalue weighted by Gasteiger charge is -2.33. The van der Waals surface area contributed by atoms with Gasteiger partial charge in [0.1, 0.15) is 0 Å². The molecule has 0 radical (unpaired) electrons. The summed E-state index contributed by atoms with van der Waals surface area (Å²) in [5, 5.41) is 2.89. The van der Waals surface area contributed by atoms with E-state index in [0.717, 1.165) is 31.6 Å². The highest BCUT2D eigenvalue weighted by atomic mass is 32.2. The van der Waals surface area contributed by atoms with Crippen LogP contribution in [0, 0.1) is 0 Å². The first-order valence-corrected chi connectivity index (χ1v) is 11.2. The van der Waals surface area contributed by atoms with Crippen molar-refractivity contribution in [2.75, 3.05) is 51.7 Å². The van der Waals surface area contributed by atoms with Gasteiger partial charge >= 0.3 is 0 Å². The van der Waals surface area contributed by atoms with Gasteiger partial charge in [0.15, 0.2) is 0 Å². The molecule has 0 saturated carbocycles. The number of nitrogens with one attached hydrogen (secondary N) is 1. The first kappa shape index (κ1) is 21.8. The third kappa shape index (κ3) is 6.88. The first-order valence-electron chi connectivity index (χ1n) is 9.61. The van der Waals surface area contributed by atoms with Crippen LogP contribution in [0.15, 0.2) is 24.3 Å². The van der Waals surface area contributed by atoms with Crippen LogP contribution >= 0.6 is 0 Å². The van der Waals surface area contributed by atoms with Crippen molar-refractivity contribution >= 4 is 15.9 Å². The summed E-state index contributed by atoms with van der Waals surface area (Å²) < 4.78 is 30.6. The maximum absolute atomic E-state index is 12.1. The fourth-order valence-electron chi connectivity index (χ4n) is 2.99. The van der Waals surface area contributed by atoms with E-state index in [2.05, 4.69) is 10.2 Å². The van der Waals surface area contributed by atoms with Gasteiger partial charge in [0.25, 0.3) is 5.91 Å². The molecule has 27 heavy (non-hydrogen) atoms. The molecular weight excluding hydrogens is 366 g/mol. The van der Waals surface area contributed by atoms with Crippen molar-refractivity contribution in [1.29, 1.82) is 0 Å². The molecule has 7 nitrogen and oxygen atoms in total. The monoisotopic (exact) mass is 397 g/mol. The Kier molecular flexibility index (Phi) is 8.69. The molecular formula is C19H31N3O4S. The van der Waals surface area contributed by atoms with Crippen LogP contribution in [0.5, 0.6) is 0 Å². The number of piperazine rings is 1. The number of carbonyl (C=O) groups is 1. The Morgan fingerprint density at radius 2 is 1.78 bits per heavy atom. The van der Waals surface area contributed by atoms with Crippen molar-refractivity contribution < 1.29 is 17.9 Å². The highest BCUT2D eigenvalue weighted by Crippen LogP contribution is 2.12. The van der Waals surface area contributed by atoms with E-state index in [-0.39, 0.29) is 11.7 Å². The SMILES string of the molecule is CCOCCCNC(=O)c1ccc(CN2CCN(S(=O)(=O)CC)CC2)cc1. The maximum atomic E-state index is 12.1. The topological polar surface area (TPSA) is 79.0 Å². The number of hydrogen-bond donors (Lipinski definition) is 1. The van der Waals surface area contributed by atoms with E-state index in [1.807, 2.05) is 31.2 Å². The maximum Gasteiger partial charge on any atom is 0.251 e. The van der Waals surface area contributed by atoms with Crippen LogP contribution in [-0.4, -0.2) is 75.2 Å². The number of hydrogen-bond acceptors (Lipinski definition) is 5. The summed E-state index contributed by atoms with van der Waals surface area (Å²) in [6.45, 7) is 8.87. The van der Waals surface area contributed by atoms with Crippen LogP contribution < -0.4 is 5.32 Å². The molecule has 1 aliphatic rings. The summed E-state index contributed by atoms with van der Waals surface area (Å²) in [7, 11) is -3.09. The Morgan fingerprint density at radius 3 is 2.37 bits per heavy atom. The second-order valence-corrected chi connectivity index (χ2v) is 8.84. The van der Waals surface area contributed by atoms with Gasteiger partial charge in [0, 0.05) is 58.0 Å². The van der Waals surface area contributed by atoms with Gasteiger partial charge in [-0.25, -0.2) is 8.42 Å². The zero-order valence-electron chi connectivity index (χ0n) is 16.3. The minimum atomic E-state index is -3.09.